The molecule has 1 aliphatic heterocycles. The molecular weight excluding hydrogens is 284 g/mol. The molecule has 0 aromatic rings. The van der Waals surface area contributed by atoms with Crippen molar-refractivity contribution in [3.8, 4) is 0 Å². The molecule has 2 aliphatic carbocycles. The molecule has 0 radical (unpaired) electrons. The molecule has 128 valence electrons. The van der Waals surface area contributed by atoms with E-state index in [1.165, 1.54) is 63.5 Å². The van der Waals surface area contributed by atoms with Crippen LogP contribution in [-0.2, 0) is 0 Å². The molecule has 22 heavy (non-hydrogen) atoms. The van der Waals surface area contributed by atoms with E-state index < -0.39 is 0 Å². The van der Waals surface area contributed by atoms with Crippen LogP contribution in [0.3, 0.4) is 0 Å². The lowest BCUT2D eigenvalue weighted by molar-refractivity contribution is 0.133. The summed E-state index contributed by atoms with van der Waals surface area (Å²) in [5.41, 5.74) is 0.686. The molecule has 1 saturated heterocycles. The summed E-state index contributed by atoms with van der Waals surface area (Å²) in [6.45, 7) is 2.67. The van der Waals surface area contributed by atoms with Gasteiger partial charge in [-0.1, -0.05) is 71.1 Å². The molecule has 3 aliphatic rings. The maximum atomic E-state index is 2.67. The normalized spacial score (nSPS) is 42.1. The molecule has 0 aromatic heterocycles. The van der Waals surface area contributed by atoms with Gasteiger partial charge in [-0.15, -0.1) is 0 Å². The van der Waals surface area contributed by atoms with Crippen molar-refractivity contribution < 1.29 is 0 Å². The highest BCUT2D eigenvalue weighted by atomic mass is 32.2. The zero-order valence-corrected chi connectivity index (χ0v) is 15.8. The van der Waals surface area contributed by atoms with Crippen molar-refractivity contribution in [3.63, 3.8) is 0 Å². The summed E-state index contributed by atoms with van der Waals surface area (Å²) in [6.07, 6.45) is 22.9. The first-order valence-corrected chi connectivity index (χ1v) is 11.4. The van der Waals surface area contributed by atoms with Gasteiger partial charge in [0.05, 0.1) is 0 Å². The topological polar surface area (TPSA) is 0 Å². The van der Waals surface area contributed by atoms with Crippen molar-refractivity contribution in [1.82, 2.24) is 0 Å². The second-order valence-corrected chi connectivity index (χ2v) is 10.3. The van der Waals surface area contributed by atoms with Crippen molar-refractivity contribution in [2.75, 3.05) is 5.75 Å². The zero-order chi connectivity index (χ0) is 15.3. The van der Waals surface area contributed by atoms with Crippen molar-refractivity contribution in [1.29, 1.82) is 0 Å². The van der Waals surface area contributed by atoms with Gasteiger partial charge in [-0.05, 0) is 55.1 Å². The Morgan fingerprint density at radius 3 is 2.23 bits per heavy atom. The number of rotatable bonds is 0. The third kappa shape index (κ3) is 4.68. The van der Waals surface area contributed by atoms with Gasteiger partial charge in [0.1, 0.15) is 0 Å². The van der Waals surface area contributed by atoms with Crippen LogP contribution < -0.4 is 0 Å². The maximum absolute atomic E-state index is 2.67. The van der Waals surface area contributed by atoms with Gasteiger partial charge in [0.25, 0.3) is 0 Å². The number of fused-ring (bicyclic) bond motifs is 7. The fourth-order valence-corrected chi connectivity index (χ4v) is 7.44. The largest absolute Gasteiger partial charge is 0.159 e. The van der Waals surface area contributed by atoms with Gasteiger partial charge in [-0.3, -0.25) is 0 Å². The second kappa shape index (κ2) is 8.45. The lowest BCUT2D eigenvalue weighted by Gasteiger charge is -2.44. The van der Waals surface area contributed by atoms with Crippen LogP contribution in [0.2, 0.25) is 0 Å². The van der Waals surface area contributed by atoms with E-state index in [9.17, 15) is 0 Å². The standard InChI is InChI=1S/C21H38S/c1-21-14-15-22-20(17-21)16-18-10-7-5-3-2-4-6-8-12-19(21)13-9-11-18/h18-20H,2-17H2,1H3. The smallest absolute Gasteiger partial charge is 0.00549 e. The highest BCUT2D eigenvalue weighted by Crippen LogP contribution is 2.51. The van der Waals surface area contributed by atoms with Gasteiger partial charge in [-0.2, -0.15) is 11.8 Å². The Bertz CT molecular complexity index is 326. The lowest BCUT2D eigenvalue weighted by Crippen LogP contribution is -2.35. The summed E-state index contributed by atoms with van der Waals surface area (Å²) in [7, 11) is 0. The van der Waals surface area contributed by atoms with Crippen LogP contribution in [0, 0.1) is 17.3 Å². The third-order valence-electron chi connectivity index (χ3n) is 7.13. The van der Waals surface area contributed by atoms with Crippen LogP contribution >= 0.6 is 11.8 Å². The quantitative estimate of drug-likeness (QED) is 0.453. The summed E-state index contributed by atoms with van der Waals surface area (Å²) in [5.74, 6) is 3.55. The molecule has 1 heterocycles. The minimum Gasteiger partial charge on any atom is -0.159 e. The molecule has 3 fully saturated rings. The SMILES string of the molecule is CC12CCSC(CC3CCCCCCCCCC1CCC3)C2. The molecule has 1 heteroatoms. The molecule has 0 N–H and O–H groups in total. The average Bonchev–Trinajstić information content (AvgIpc) is 2.53. The molecule has 4 atom stereocenters. The summed E-state index contributed by atoms with van der Waals surface area (Å²) in [4.78, 5) is 0. The van der Waals surface area contributed by atoms with Gasteiger partial charge < -0.3 is 0 Å². The molecule has 4 bridgehead atoms. The highest BCUT2D eigenvalue weighted by Gasteiger charge is 2.40. The molecule has 0 amide bonds. The van der Waals surface area contributed by atoms with Crippen LogP contribution in [0.5, 0.6) is 0 Å². The van der Waals surface area contributed by atoms with E-state index in [0.717, 1.165) is 17.1 Å². The monoisotopic (exact) mass is 322 g/mol. The Labute approximate surface area is 143 Å². The van der Waals surface area contributed by atoms with Crippen LogP contribution in [0.15, 0.2) is 0 Å². The minimum atomic E-state index is 0.686. The van der Waals surface area contributed by atoms with Crippen LogP contribution in [0.25, 0.3) is 0 Å². The summed E-state index contributed by atoms with van der Waals surface area (Å²) in [5, 5.41) is 0.995. The second-order valence-electron chi connectivity index (χ2n) is 8.88. The van der Waals surface area contributed by atoms with Crippen molar-refractivity contribution in [3.05, 3.63) is 0 Å². The van der Waals surface area contributed by atoms with Gasteiger partial charge >= 0.3 is 0 Å². The number of thioether (sulfide) groups is 1. The van der Waals surface area contributed by atoms with E-state index in [4.69, 9.17) is 0 Å². The first kappa shape index (κ1) is 17.2. The Morgan fingerprint density at radius 2 is 1.41 bits per heavy atom. The van der Waals surface area contributed by atoms with Gasteiger partial charge in [0.15, 0.2) is 0 Å². The first-order chi connectivity index (χ1) is 10.8. The first-order valence-electron chi connectivity index (χ1n) is 10.4. The zero-order valence-electron chi connectivity index (χ0n) is 15.0. The van der Waals surface area contributed by atoms with E-state index in [2.05, 4.69) is 18.7 Å². The van der Waals surface area contributed by atoms with Crippen LogP contribution in [0.1, 0.15) is 103 Å². The Hall–Kier alpha value is 0.350. The van der Waals surface area contributed by atoms with Crippen molar-refractivity contribution >= 4 is 11.8 Å². The molecular formula is C21H38S. The van der Waals surface area contributed by atoms with Crippen LogP contribution in [-0.4, -0.2) is 11.0 Å². The molecule has 0 nitrogen and oxygen atoms in total. The van der Waals surface area contributed by atoms with Gasteiger partial charge in [0, 0.05) is 5.25 Å². The molecule has 4 unspecified atom stereocenters. The van der Waals surface area contributed by atoms with E-state index in [1.807, 2.05) is 0 Å². The van der Waals surface area contributed by atoms with E-state index in [-0.39, 0.29) is 0 Å². The number of hydrogen-bond donors (Lipinski definition) is 0. The third-order valence-corrected chi connectivity index (χ3v) is 8.40. The molecule has 2 saturated carbocycles. The van der Waals surface area contributed by atoms with Crippen LogP contribution in [0.4, 0.5) is 0 Å². The molecule has 3 rings (SSSR count). The summed E-state index contributed by atoms with van der Waals surface area (Å²) < 4.78 is 0. The lowest BCUT2D eigenvalue weighted by atomic mass is 9.68. The average molecular weight is 323 g/mol. The predicted molar refractivity (Wildman–Crippen MR) is 101 cm³/mol. The number of hydrogen-bond acceptors (Lipinski definition) is 1. The summed E-state index contributed by atoms with van der Waals surface area (Å²) in [6, 6.07) is 0. The highest BCUT2D eigenvalue weighted by molar-refractivity contribution is 7.99. The predicted octanol–water partition coefficient (Wildman–Crippen LogP) is 7.22. The van der Waals surface area contributed by atoms with Crippen molar-refractivity contribution in [2.45, 2.75) is 108 Å². The fourth-order valence-electron chi connectivity index (χ4n) is 5.62. The Balaban J connectivity index is 1.72. The van der Waals surface area contributed by atoms with E-state index in [1.54, 1.807) is 38.5 Å². The van der Waals surface area contributed by atoms with Crippen molar-refractivity contribution in [2.24, 2.45) is 17.3 Å². The fraction of sp³-hybridized carbons (Fsp3) is 1.00. The minimum absolute atomic E-state index is 0.686. The van der Waals surface area contributed by atoms with Gasteiger partial charge in [0.2, 0.25) is 0 Å². The van der Waals surface area contributed by atoms with E-state index in [0.29, 0.717) is 5.41 Å². The van der Waals surface area contributed by atoms with E-state index >= 15 is 0 Å². The molecule has 0 aromatic carbocycles. The summed E-state index contributed by atoms with van der Waals surface area (Å²) >= 11 is 2.33. The van der Waals surface area contributed by atoms with Gasteiger partial charge in [-0.25, -0.2) is 0 Å². The maximum Gasteiger partial charge on any atom is 0.00549 e. The Kier molecular flexibility index (Phi) is 6.60. The molecule has 0 spiro atoms. The Morgan fingerprint density at radius 1 is 0.773 bits per heavy atom.